The van der Waals surface area contributed by atoms with Crippen LogP contribution in [0.4, 0.5) is 0 Å². The predicted molar refractivity (Wildman–Crippen MR) is 34.2 cm³/mol. The van der Waals surface area contributed by atoms with E-state index in [9.17, 15) is 4.79 Å². The largest absolute Gasteiger partial charge is 0.296 e. The molecule has 0 bridgehead atoms. The van der Waals surface area contributed by atoms with Crippen molar-refractivity contribution in [3.05, 3.63) is 10.9 Å². The Kier molecular flexibility index (Phi) is 1.53. The average molecular weight is 144 g/mol. The molecule has 1 aliphatic heterocycles. The molecule has 0 amide bonds. The Labute approximate surface area is 57.4 Å². The highest BCUT2D eigenvalue weighted by Gasteiger charge is 2.12. The monoisotopic (exact) mass is 143 g/mol. The van der Waals surface area contributed by atoms with Gasteiger partial charge in [-0.15, -0.1) is 0 Å². The molecule has 9 heavy (non-hydrogen) atoms. The lowest BCUT2D eigenvalue weighted by Gasteiger charge is -1.84. The predicted octanol–water partition coefficient (Wildman–Crippen LogP) is 0.630. The number of hydrogen-bond acceptors (Lipinski definition) is 2. The average Bonchev–Trinajstić information content (AvgIpc) is 2.10. The molecule has 0 aliphatic carbocycles. The second-order valence-electron chi connectivity index (χ2n) is 1.56. The Morgan fingerprint density at radius 3 is 2.56 bits per heavy atom. The molecule has 0 saturated carbocycles. The van der Waals surface area contributed by atoms with E-state index in [4.69, 9.17) is 11.6 Å². The van der Waals surface area contributed by atoms with Gasteiger partial charge in [0.1, 0.15) is 11.5 Å². The smallest absolute Gasteiger partial charge is 0.171 e. The van der Waals surface area contributed by atoms with E-state index in [0.717, 1.165) is 0 Å². The van der Waals surface area contributed by atoms with Gasteiger partial charge in [-0.1, -0.05) is 11.6 Å². The van der Waals surface area contributed by atoms with Gasteiger partial charge in [0, 0.05) is 0 Å². The van der Waals surface area contributed by atoms with E-state index in [1.807, 2.05) is 0 Å². The Hall–Kier alpha value is -0.830. The number of nitrogens with zero attached hydrogens (tertiary/aromatic N) is 2. The van der Waals surface area contributed by atoms with Crippen molar-refractivity contribution in [3.8, 4) is 0 Å². The van der Waals surface area contributed by atoms with Crippen molar-refractivity contribution >= 4 is 23.7 Å². The van der Waals surface area contributed by atoms with E-state index in [2.05, 4.69) is 10.3 Å². The fraction of sp³-hybridized carbons (Fsp3) is 0.200. The molecule has 0 unspecified atom stereocenters. The molecule has 3 nitrogen and oxygen atoms in total. The minimum absolute atomic E-state index is 0.183. The minimum Gasteiger partial charge on any atom is -0.296 e. The molecule has 0 saturated heterocycles. The zero-order valence-electron chi connectivity index (χ0n) is 4.76. The van der Waals surface area contributed by atoms with Gasteiger partial charge in [0.15, 0.2) is 11.4 Å². The number of hydrogen-bond donors (Lipinski definition) is 0. The molecule has 1 radical (unpaired) electrons. The lowest BCUT2D eigenvalue weighted by Crippen LogP contribution is -2.01. The van der Waals surface area contributed by atoms with Gasteiger partial charge in [0.25, 0.3) is 0 Å². The molecule has 47 valence electrons. The summed E-state index contributed by atoms with van der Waals surface area (Å²) < 4.78 is 0. The van der Waals surface area contributed by atoms with Crippen LogP contribution in [-0.4, -0.2) is 12.1 Å². The molecule has 1 heterocycles. The first kappa shape index (κ1) is 6.29. The highest BCUT2D eigenvalue weighted by Crippen LogP contribution is 2.12. The maximum Gasteiger partial charge on any atom is 0.171 e. The molecule has 0 N–H and O–H groups in total. The van der Waals surface area contributed by atoms with Gasteiger partial charge in [0.2, 0.25) is 0 Å². The molecule has 1 rings (SSSR count). The van der Waals surface area contributed by atoms with E-state index in [1.54, 1.807) is 6.92 Å². The zero-order valence-corrected chi connectivity index (χ0v) is 5.51. The second kappa shape index (κ2) is 2.19. The van der Waals surface area contributed by atoms with E-state index in [1.165, 1.54) is 0 Å². The minimum atomic E-state index is 0.183. The summed E-state index contributed by atoms with van der Waals surface area (Å²) in [5.41, 5.74) is 0.217. The molecular weight excluding hydrogens is 140 g/mol. The maximum absolute atomic E-state index is 10.1. The third-order valence-corrected chi connectivity index (χ3v) is 1.14. The van der Waals surface area contributed by atoms with Crippen LogP contribution in [0.25, 0.3) is 0 Å². The summed E-state index contributed by atoms with van der Waals surface area (Å²) in [6.45, 7) is 1.68. The van der Waals surface area contributed by atoms with Crippen LogP contribution in [-0.2, 0) is 4.79 Å². The van der Waals surface area contributed by atoms with Crippen molar-refractivity contribution < 1.29 is 4.79 Å². The highest BCUT2D eigenvalue weighted by atomic mass is 35.5. The number of allylic oxidation sites excluding steroid dienone is 1. The summed E-state index contributed by atoms with van der Waals surface area (Å²) >= 11 is 5.44. The first-order chi connectivity index (χ1) is 4.24. The number of amidine groups is 1. The fourth-order valence-electron chi connectivity index (χ4n) is 0.520. The zero-order chi connectivity index (χ0) is 6.85. The third kappa shape index (κ3) is 1.10. The second-order valence-corrected chi connectivity index (χ2v) is 1.92. The van der Waals surface area contributed by atoms with Gasteiger partial charge in [-0.3, -0.25) is 4.79 Å². The van der Waals surface area contributed by atoms with Crippen LogP contribution in [0.15, 0.2) is 15.8 Å². The van der Waals surface area contributed by atoms with E-state index in [-0.39, 0.29) is 10.9 Å². The van der Waals surface area contributed by atoms with Crippen molar-refractivity contribution in [1.29, 1.82) is 0 Å². The van der Waals surface area contributed by atoms with Crippen LogP contribution in [0, 0.1) is 0 Å². The molecule has 1 aliphatic rings. The summed E-state index contributed by atoms with van der Waals surface area (Å²) in [7, 11) is 0. The van der Waals surface area contributed by atoms with Crippen LogP contribution in [0.3, 0.4) is 0 Å². The first-order valence-electron chi connectivity index (χ1n) is 2.36. The Bertz CT molecular complexity index is 207. The summed E-state index contributed by atoms with van der Waals surface area (Å²) in [4.78, 5) is 13.8. The van der Waals surface area contributed by atoms with Gasteiger partial charge in [-0.2, -0.15) is 0 Å². The van der Waals surface area contributed by atoms with Gasteiger partial charge in [-0.05, 0) is 6.92 Å². The van der Waals surface area contributed by atoms with Gasteiger partial charge in [0.05, 0.1) is 0 Å². The van der Waals surface area contributed by atoms with Crippen LogP contribution < -0.4 is 5.32 Å². The number of aldehydes is 1. The lowest BCUT2D eigenvalue weighted by atomic mass is 10.5. The summed E-state index contributed by atoms with van der Waals surface area (Å²) in [6, 6.07) is 0. The quantitative estimate of drug-likeness (QED) is 0.392. The van der Waals surface area contributed by atoms with Crippen LogP contribution in [0.2, 0.25) is 0 Å². The van der Waals surface area contributed by atoms with Gasteiger partial charge < -0.3 is 0 Å². The summed E-state index contributed by atoms with van der Waals surface area (Å²) in [6.07, 6.45) is 0.586. The Morgan fingerprint density at radius 2 is 2.33 bits per heavy atom. The molecule has 4 heteroatoms. The number of aliphatic imine (C=N–C) groups is 1. The van der Waals surface area contributed by atoms with Gasteiger partial charge >= 0.3 is 0 Å². The topological polar surface area (TPSA) is 43.5 Å². The number of carbonyl (C=O) groups excluding carboxylic acids is 1. The summed E-state index contributed by atoms with van der Waals surface area (Å²) in [5.74, 6) is 0.530. The van der Waals surface area contributed by atoms with Crippen LogP contribution in [0.1, 0.15) is 6.92 Å². The Balaban J connectivity index is 2.87. The molecule has 0 aromatic heterocycles. The Morgan fingerprint density at radius 1 is 1.67 bits per heavy atom. The fourth-order valence-corrected chi connectivity index (χ4v) is 0.729. The van der Waals surface area contributed by atoms with E-state index < -0.39 is 0 Å². The van der Waals surface area contributed by atoms with Gasteiger partial charge in [-0.25, -0.2) is 10.3 Å². The molecule has 0 aromatic rings. The molecule has 0 fully saturated rings. The van der Waals surface area contributed by atoms with Crippen molar-refractivity contribution in [2.75, 3.05) is 0 Å². The van der Waals surface area contributed by atoms with Crippen LogP contribution >= 0.6 is 11.6 Å². The molecule has 0 atom stereocenters. The standard InChI is InChI=1S/C5H4ClN2O/c1-3-7-4(2-9)5(6)8-3/h2H,1H3. The van der Waals surface area contributed by atoms with Crippen molar-refractivity contribution in [2.24, 2.45) is 4.99 Å². The molecule has 0 aromatic carbocycles. The van der Waals surface area contributed by atoms with Crippen LogP contribution in [0.5, 0.6) is 0 Å². The normalized spacial score (nSPS) is 17.3. The highest BCUT2D eigenvalue weighted by molar-refractivity contribution is 6.32. The summed E-state index contributed by atoms with van der Waals surface area (Å²) in [5, 5.41) is 3.89. The van der Waals surface area contributed by atoms with Crippen molar-refractivity contribution in [3.63, 3.8) is 0 Å². The SMILES string of the molecule is CC1=NC(C=O)=C(Cl)[N]1. The number of rotatable bonds is 1. The number of carbonyl (C=O) groups is 1. The van der Waals surface area contributed by atoms with Crippen molar-refractivity contribution in [1.82, 2.24) is 5.32 Å². The molecular formula is C5H4ClN2O. The first-order valence-corrected chi connectivity index (χ1v) is 2.74. The van der Waals surface area contributed by atoms with Crippen molar-refractivity contribution in [2.45, 2.75) is 6.92 Å². The van der Waals surface area contributed by atoms with E-state index in [0.29, 0.717) is 12.1 Å². The lowest BCUT2D eigenvalue weighted by molar-refractivity contribution is -0.104. The maximum atomic E-state index is 10.1. The number of halogens is 1. The molecule has 0 spiro atoms. The third-order valence-electron chi connectivity index (χ3n) is 0.865. The van der Waals surface area contributed by atoms with E-state index >= 15 is 0 Å².